The summed E-state index contributed by atoms with van der Waals surface area (Å²) in [4.78, 5) is 12.3. The van der Waals surface area contributed by atoms with Gasteiger partial charge in [-0.2, -0.15) is 0 Å². The lowest BCUT2D eigenvalue weighted by atomic mass is 10.0. The maximum Gasteiger partial charge on any atom is 0.220 e. The molecule has 252 valence electrons. The van der Waals surface area contributed by atoms with E-state index >= 15 is 0 Å². The van der Waals surface area contributed by atoms with Gasteiger partial charge < -0.3 is 15.5 Å². The Morgan fingerprint density at radius 2 is 0.762 bits per heavy atom. The number of unbranched alkanes of at least 4 members (excludes halogenated alkanes) is 28. The maximum atomic E-state index is 12.3. The van der Waals surface area contributed by atoms with Crippen molar-refractivity contribution in [2.45, 2.75) is 231 Å². The minimum absolute atomic E-state index is 0.0325. The molecule has 0 rings (SSSR count). The lowest BCUT2D eigenvalue weighted by Gasteiger charge is -2.22. The molecular weight excluding hydrogens is 518 g/mol. The molecule has 42 heavy (non-hydrogen) atoms. The van der Waals surface area contributed by atoms with Crippen LogP contribution in [0.5, 0.6) is 0 Å². The lowest BCUT2D eigenvalue weighted by Crippen LogP contribution is -2.45. The standard InChI is InChI=1S/C38H77NO3/c1-3-5-7-9-11-12-13-14-15-16-17-18-19-20-21-22-23-24-25-26-27-28-30-32-34-38(42)39-36(35-40)37(41)33-31-29-10-8-6-4-2/h36-37,40-41H,3-35H2,1-2H3,(H,39,42). The summed E-state index contributed by atoms with van der Waals surface area (Å²) in [5.41, 5.74) is 0. The van der Waals surface area contributed by atoms with E-state index in [2.05, 4.69) is 19.2 Å². The molecule has 0 radical (unpaired) electrons. The summed E-state index contributed by atoms with van der Waals surface area (Å²) < 4.78 is 0. The third kappa shape index (κ3) is 30.8. The number of hydrogen-bond donors (Lipinski definition) is 3. The fourth-order valence-corrected chi connectivity index (χ4v) is 6.13. The van der Waals surface area contributed by atoms with Gasteiger partial charge in [-0.3, -0.25) is 4.79 Å². The highest BCUT2D eigenvalue weighted by atomic mass is 16.3. The third-order valence-electron chi connectivity index (χ3n) is 9.12. The second-order valence-corrected chi connectivity index (χ2v) is 13.4. The molecule has 0 aliphatic heterocycles. The summed E-state index contributed by atoms with van der Waals surface area (Å²) in [5.74, 6) is -0.0325. The quantitative estimate of drug-likeness (QED) is 0.0638. The highest BCUT2D eigenvalue weighted by molar-refractivity contribution is 5.76. The van der Waals surface area contributed by atoms with Gasteiger partial charge in [0.25, 0.3) is 0 Å². The van der Waals surface area contributed by atoms with E-state index in [9.17, 15) is 15.0 Å². The van der Waals surface area contributed by atoms with Crippen LogP contribution in [-0.2, 0) is 4.79 Å². The van der Waals surface area contributed by atoms with Gasteiger partial charge in [-0.15, -0.1) is 0 Å². The van der Waals surface area contributed by atoms with Gasteiger partial charge in [-0.25, -0.2) is 0 Å². The van der Waals surface area contributed by atoms with Crippen LogP contribution in [0, 0.1) is 0 Å². The Bertz CT molecular complexity index is 526. The second-order valence-electron chi connectivity index (χ2n) is 13.4. The molecule has 0 aliphatic rings. The number of nitrogens with one attached hydrogen (secondary N) is 1. The molecule has 0 bridgehead atoms. The summed E-state index contributed by atoms with van der Waals surface area (Å²) >= 11 is 0. The minimum Gasteiger partial charge on any atom is -0.394 e. The van der Waals surface area contributed by atoms with Gasteiger partial charge in [0.15, 0.2) is 0 Å². The fourth-order valence-electron chi connectivity index (χ4n) is 6.13. The van der Waals surface area contributed by atoms with Crippen molar-refractivity contribution in [2.24, 2.45) is 0 Å². The maximum absolute atomic E-state index is 12.3. The number of rotatable bonds is 35. The Balaban J connectivity index is 3.36. The molecule has 4 heteroatoms. The van der Waals surface area contributed by atoms with Gasteiger partial charge >= 0.3 is 0 Å². The van der Waals surface area contributed by atoms with Crippen LogP contribution in [0.1, 0.15) is 219 Å². The van der Waals surface area contributed by atoms with Crippen molar-refractivity contribution in [3.63, 3.8) is 0 Å². The molecule has 0 saturated heterocycles. The van der Waals surface area contributed by atoms with Gasteiger partial charge in [0.05, 0.1) is 18.8 Å². The number of hydrogen-bond acceptors (Lipinski definition) is 3. The molecule has 3 N–H and O–H groups in total. The van der Waals surface area contributed by atoms with Crippen LogP contribution in [0.25, 0.3) is 0 Å². The Hall–Kier alpha value is -0.610. The molecule has 4 nitrogen and oxygen atoms in total. The van der Waals surface area contributed by atoms with Crippen molar-refractivity contribution in [3.8, 4) is 0 Å². The Labute approximate surface area is 264 Å². The van der Waals surface area contributed by atoms with Gasteiger partial charge in [-0.05, 0) is 12.8 Å². The van der Waals surface area contributed by atoms with Crippen LogP contribution in [0.2, 0.25) is 0 Å². The number of aliphatic hydroxyl groups is 2. The number of carbonyl (C=O) groups is 1. The van der Waals surface area contributed by atoms with E-state index in [1.165, 1.54) is 167 Å². The second kappa shape index (κ2) is 34.9. The average Bonchev–Trinajstić information content (AvgIpc) is 2.99. The largest absolute Gasteiger partial charge is 0.394 e. The fraction of sp³-hybridized carbons (Fsp3) is 0.974. The van der Waals surface area contributed by atoms with E-state index in [4.69, 9.17) is 0 Å². The Morgan fingerprint density at radius 3 is 1.07 bits per heavy atom. The zero-order chi connectivity index (χ0) is 30.8. The van der Waals surface area contributed by atoms with Crippen LogP contribution in [0.3, 0.4) is 0 Å². The zero-order valence-corrected chi connectivity index (χ0v) is 28.8. The van der Waals surface area contributed by atoms with Crippen LogP contribution < -0.4 is 5.32 Å². The highest BCUT2D eigenvalue weighted by Crippen LogP contribution is 2.16. The van der Waals surface area contributed by atoms with Crippen molar-refractivity contribution in [1.82, 2.24) is 5.32 Å². The van der Waals surface area contributed by atoms with E-state index in [0.29, 0.717) is 12.8 Å². The topological polar surface area (TPSA) is 69.6 Å². The first-order valence-corrected chi connectivity index (χ1v) is 19.2. The first-order valence-electron chi connectivity index (χ1n) is 19.2. The van der Waals surface area contributed by atoms with Gasteiger partial charge in [-0.1, -0.05) is 200 Å². The van der Waals surface area contributed by atoms with E-state index in [-0.39, 0.29) is 12.5 Å². The van der Waals surface area contributed by atoms with E-state index in [1.807, 2.05) is 0 Å². The smallest absolute Gasteiger partial charge is 0.220 e. The molecular formula is C38H77NO3. The minimum atomic E-state index is -0.649. The van der Waals surface area contributed by atoms with Crippen LogP contribution in [-0.4, -0.2) is 34.9 Å². The normalized spacial score (nSPS) is 13.0. The molecule has 0 saturated carbocycles. The number of carbonyl (C=O) groups excluding carboxylic acids is 1. The molecule has 2 atom stereocenters. The summed E-state index contributed by atoms with van der Waals surface area (Å²) in [6.07, 6.45) is 40.5. The van der Waals surface area contributed by atoms with Gasteiger partial charge in [0.1, 0.15) is 0 Å². The van der Waals surface area contributed by atoms with Crippen LogP contribution >= 0.6 is 0 Å². The molecule has 0 heterocycles. The van der Waals surface area contributed by atoms with Gasteiger partial charge in [0.2, 0.25) is 5.91 Å². The number of aliphatic hydroxyl groups excluding tert-OH is 2. The third-order valence-corrected chi connectivity index (χ3v) is 9.12. The molecule has 2 unspecified atom stereocenters. The lowest BCUT2D eigenvalue weighted by molar-refractivity contribution is -0.123. The highest BCUT2D eigenvalue weighted by Gasteiger charge is 2.19. The van der Waals surface area contributed by atoms with E-state index in [0.717, 1.165) is 25.7 Å². The number of amides is 1. The van der Waals surface area contributed by atoms with Crippen LogP contribution in [0.15, 0.2) is 0 Å². The van der Waals surface area contributed by atoms with E-state index in [1.54, 1.807) is 0 Å². The molecule has 0 aliphatic carbocycles. The van der Waals surface area contributed by atoms with Crippen molar-refractivity contribution >= 4 is 5.91 Å². The molecule has 0 fully saturated rings. The summed E-state index contributed by atoms with van der Waals surface area (Å²) in [7, 11) is 0. The summed E-state index contributed by atoms with van der Waals surface area (Å²) in [6, 6.07) is -0.525. The zero-order valence-electron chi connectivity index (χ0n) is 28.8. The monoisotopic (exact) mass is 596 g/mol. The molecule has 1 amide bonds. The summed E-state index contributed by atoms with van der Waals surface area (Å²) in [5, 5.41) is 22.8. The molecule has 0 aromatic carbocycles. The predicted molar refractivity (Wildman–Crippen MR) is 184 cm³/mol. The summed E-state index contributed by atoms with van der Waals surface area (Å²) in [6.45, 7) is 4.31. The average molecular weight is 596 g/mol. The van der Waals surface area contributed by atoms with Crippen molar-refractivity contribution in [1.29, 1.82) is 0 Å². The predicted octanol–water partition coefficient (Wildman–Crippen LogP) is 11.3. The Kier molecular flexibility index (Phi) is 34.4. The first-order chi connectivity index (χ1) is 20.7. The molecule has 0 aromatic rings. The molecule has 0 spiro atoms. The van der Waals surface area contributed by atoms with Crippen molar-refractivity contribution in [3.05, 3.63) is 0 Å². The first kappa shape index (κ1) is 41.4. The van der Waals surface area contributed by atoms with E-state index < -0.39 is 12.1 Å². The van der Waals surface area contributed by atoms with Gasteiger partial charge in [0, 0.05) is 6.42 Å². The van der Waals surface area contributed by atoms with Crippen molar-refractivity contribution < 1.29 is 15.0 Å². The SMILES string of the molecule is CCCCCCCCCCCCCCCCCCCCCCCCCCC(=O)NC(CO)C(O)CCCCCCCC. The van der Waals surface area contributed by atoms with Crippen LogP contribution in [0.4, 0.5) is 0 Å². The molecule has 0 aromatic heterocycles. The Morgan fingerprint density at radius 1 is 0.476 bits per heavy atom. The van der Waals surface area contributed by atoms with Crippen molar-refractivity contribution in [2.75, 3.05) is 6.61 Å².